The number of nitrogen functional groups attached to an aromatic ring is 1. The average Bonchev–Trinajstić information content (AvgIpc) is 2.25. The highest BCUT2D eigenvalue weighted by Crippen LogP contribution is 2.23. The minimum Gasteiger partial charge on any atom is -0.507 e. The van der Waals surface area contributed by atoms with E-state index in [1.54, 1.807) is 6.07 Å². The fourth-order valence-electron chi connectivity index (χ4n) is 1.09. The fourth-order valence-corrected chi connectivity index (χ4v) is 1.09. The Bertz CT molecular complexity index is 353. The van der Waals surface area contributed by atoms with Gasteiger partial charge in [-0.3, -0.25) is 10.2 Å². The summed E-state index contributed by atoms with van der Waals surface area (Å²) in [5, 5.41) is 9.50. The van der Waals surface area contributed by atoms with Crippen molar-refractivity contribution in [3.8, 4) is 11.5 Å². The molecule has 0 radical (unpaired) electrons. The van der Waals surface area contributed by atoms with Crippen LogP contribution in [-0.4, -0.2) is 17.6 Å². The van der Waals surface area contributed by atoms with E-state index in [0.717, 1.165) is 6.42 Å². The molecule has 0 saturated carbocycles. The number of phenols is 1. The zero-order valence-electron chi connectivity index (χ0n) is 8.49. The minimum atomic E-state index is -0.533. The van der Waals surface area contributed by atoms with Crippen molar-refractivity contribution in [2.45, 2.75) is 13.3 Å². The van der Waals surface area contributed by atoms with Crippen LogP contribution in [-0.2, 0) is 0 Å². The molecular weight excluding hydrogens is 196 g/mol. The summed E-state index contributed by atoms with van der Waals surface area (Å²) in [7, 11) is 0. The van der Waals surface area contributed by atoms with E-state index in [-0.39, 0.29) is 11.3 Å². The Balaban J connectivity index is 2.83. The SMILES string of the molecule is CCCOc1ccc(C(=O)NN)c(O)c1. The number of carbonyl (C=O) groups excluding carboxylic acids is 1. The van der Waals surface area contributed by atoms with Gasteiger partial charge in [-0.05, 0) is 18.6 Å². The first-order chi connectivity index (χ1) is 7.19. The number of ether oxygens (including phenoxy) is 1. The van der Waals surface area contributed by atoms with Gasteiger partial charge >= 0.3 is 0 Å². The normalized spacial score (nSPS) is 9.73. The van der Waals surface area contributed by atoms with Crippen molar-refractivity contribution in [3.63, 3.8) is 0 Å². The Morgan fingerprint density at radius 3 is 2.87 bits per heavy atom. The molecule has 0 bridgehead atoms. The van der Waals surface area contributed by atoms with Crippen molar-refractivity contribution in [3.05, 3.63) is 23.8 Å². The summed E-state index contributed by atoms with van der Waals surface area (Å²) in [6.07, 6.45) is 0.881. The molecule has 0 unspecified atom stereocenters. The number of nitrogens with two attached hydrogens (primary N) is 1. The van der Waals surface area contributed by atoms with E-state index < -0.39 is 5.91 Å². The van der Waals surface area contributed by atoms with E-state index in [4.69, 9.17) is 10.6 Å². The van der Waals surface area contributed by atoms with Gasteiger partial charge in [0, 0.05) is 6.07 Å². The predicted octanol–water partition coefficient (Wildman–Crippen LogP) is 0.784. The minimum absolute atomic E-state index is 0.126. The molecule has 1 aromatic rings. The second-order valence-electron chi connectivity index (χ2n) is 3.00. The lowest BCUT2D eigenvalue weighted by molar-refractivity contribution is 0.0951. The standard InChI is InChI=1S/C10H14N2O3/c1-2-5-15-7-3-4-8(9(13)6-7)10(14)12-11/h3-4,6,13H,2,5,11H2,1H3,(H,12,14). The van der Waals surface area contributed by atoms with Crippen LogP contribution in [0.4, 0.5) is 0 Å². The van der Waals surface area contributed by atoms with Gasteiger partial charge in [-0.1, -0.05) is 6.92 Å². The van der Waals surface area contributed by atoms with Crippen molar-refractivity contribution in [1.29, 1.82) is 0 Å². The molecule has 0 aliphatic carbocycles. The molecule has 1 rings (SSSR count). The van der Waals surface area contributed by atoms with Gasteiger partial charge in [0.2, 0.25) is 0 Å². The van der Waals surface area contributed by atoms with E-state index in [1.165, 1.54) is 12.1 Å². The van der Waals surface area contributed by atoms with Gasteiger partial charge < -0.3 is 9.84 Å². The van der Waals surface area contributed by atoms with Gasteiger partial charge in [0.25, 0.3) is 5.91 Å². The van der Waals surface area contributed by atoms with Gasteiger partial charge in [-0.2, -0.15) is 0 Å². The summed E-state index contributed by atoms with van der Waals surface area (Å²) in [5.74, 6) is 4.80. The summed E-state index contributed by atoms with van der Waals surface area (Å²) in [4.78, 5) is 11.1. The quantitative estimate of drug-likeness (QED) is 0.389. The Morgan fingerprint density at radius 2 is 2.33 bits per heavy atom. The molecule has 0 heterocycles. The van der Waals surface area contributed by atoms with Crippen LogP contribution in [0.25, 0.3) is 0 Å². The maximum Gasteiger partial charge on any atom is 0.268 e. The zero-order valence-corrected chi connectivity index (χ0v) is 8.49. The van der Waals surface area contributed by atoms with Gasteiger partial charge in [0.15, 0.2) is 0 Å². The topological polar surface area (TPSA) is 84.6 Å². The van der Waals surface area contributed by atoms with Crippen LogP contribution in [0.1, 0.15) is 23.7 Å². The molecule has 4 N–H and O–H groups in total. The van der Waals surface area contributed by atoms with Gasteiger partial charge in [-0.15, -0.1) is 0 Å². The molecule has 0 aliphatic heterocycles. The van der Waals surface area contributed by atoms with Crippen LogP contribution in [0.5, 0.6) is 11.5 Å². The smallest absolute Gasteiger partial charge is 0.268 e. The highest BCUT2D eigenvalue weighted by Gasteiger charge is 2.10. The molecule has 82 valence electrons. The first kappa shape index (κ1) is 11.3. The van der Waals surface area contributed by atoms with Crippen LogP contribution in [0.2, 0.25) is 0 Å². The molecule has 5 nitrogen and oxygen atoms in total. The van der Waals surface area contributed by atoms with Crippen molar-refractivity contribution >= 4 is 5.91 Å². The number of amides is 1. The van der Waals surface area contributed by atoms with E-state index >= 15 is 0 Å². The van der Waals surface area contributed by atoms with E-state index in [0.29, 0.717) is 12.4 Å². The Morgan fingerprint density at radius 1 is 1.60 bits per heavy atom. The molecule has 0 saturated heterocycles. The van der Waals surface area contributed by atoms with Crippen LogP contribution >= 0.6 is 0 Å². The monoisotopic (exact) mass is 210 g/mol. The summed E-state index contributed by atoms with van der Waals surface area (Å²) in [6, 6.07) is 4.46. The second-order valence-corrected chi connectivity index (χ2v) is 3.00. The zero-order chi connectivity index (χ0) is 11.3. The van der Waals surface area contributed by atoms with E-state index in [2.05, 4.69) is 0 Å². The van der Waals surface area contributed by atoms with Gasteiger partial charge in [0.05, 0.1) is 12.2 Å². The summed E-state index contributed by atoms with van der Waals surface area (Å²) < 4.78 is 5.28. The van der Waals surface area contributed by atoms with Crippen LogP contribution < -0.4 is 16.0 Å². The van der Waals surface area contributed by atoms with Crippen LogP contribution in [0.15, 0.2) is 18.2 Å². The number of hydrazine groups is 1. The fraction of sp³-hybridized carbons (Fsp3) is 0.300. The highest BCUT2D eigenvalue weighted by atomic mass is 16.5. The Labute approximate surface area is 87.8 Å². The summed E-state index contributed by atoms with van der Waals surface area (Å²) in [5.41, 5.74) is 2.07. The molecule has 1 amide bonds. The number of rotatable bonds is 4. The lowest BCUT2D eigenvalue weighted by atomic mass is 10.2. The second kappa shape index (κ2) is 5.21. The van der Waals surface area contributed by atoms with Crippen LogP contribution in [0.3, 0.4) is 0 Å². The number of aromatic hydroxyl groups is 1. The van der Waals surface area contributed by atoms with Gasteiger partial charge in [0.1, 0.15) is 11.5 Å². The molecule has 0 aromatic heterocycles. The largest absolute Gasteiger partial charge is 0.507 e. The first-order valence-corrected chi connectivity index (χ1v) is 4.65. The number of nitrogens with one attached hydrogen (secondary N) is 1. The number of phenolic OH excluding ortho intramolecular Hbond substituents is 1. The molecule has 0 aliphatic rings. The molecule has 5 heteroatoms. The Kier molecular flexibility index (Phi) is 3.93. The third kappa shape index (κ3) is 2.85. The maximum absolute atomic E-state index is 11.1. The Hall–Kier alpha value is -1.75. The molecule has 15 heavy (non-hydrogen) atoms. The van der Waals surface area contributed by atoms with Crippen LogP contribution in [0, 0.1) is 0 Å². The first-order valence-electron chi connectivity index (χ1n) is 4.65. The van der Waals surface area contributed by atoms with Crippen molar-refractivity contribution in [2.75, 3.05) is 6.61 Å². The summed E-state index contributed by atoms with van der Waals surface area (Å²) >= 11 is 0. The highest BCUT2D eigenvalue weighted by molar-refractivity contribution is 5.96. The lowest BCUT2D eigenvalue weighted by Gasteiger charge is -2.07. The third-order valence-electron chi connectivity index (χ3n) is 1.82. The third-order valence-corrected chi connectivity index (χ3v) is 1.82. The predicted molar refractivity (Wildman–Crippen MR) is 55.5 cm³/mol. The number of benzene rings is 1. The molecular formula is C10H14N2O3. The maximum atomic E-state index is 11.1. The van der Waals surface area contributed by atoms with Crippen molar-refractivity contribution in [1.82, 2.24) is 5.43 Å². The lowest BCUT2D eigenvalue weighted by Crippen LogP contribution is -2.29. The number of hydrogen-bond acceptors (Lipinski definition) is 4. The molecule has 1 aromatic carbocycles. The molecule has 0 spiro atoms. The van der Waals surface area contributed by atoms with Crippen molar-refractivity contribution in [2.24, 2.45) is 5.84 Å². The average molecular weight is 210 g/mol. The number of carbonyl (C=O) groups is 1. The van der Waals surface area contributed by atoms with Crippen molar-refractivity contribution < 1.29 is 14.6 Å². The van der Waals surface area contributed by atoms with Gasteiger partial charge in [-0.25, -0.2) is 5.84 Å². The summed E-state index contributed by atoms with van der Waals surface area (Å²) in [6.45, 7) is 2.55. The van der Waals surface area contributed by atoms with E-state index in [1.807, 2.05) is 12.3 Å². The molecule has 0 atom stereocenters. The number of hydrogen-bond donors (Lipinski definition) is 3. The molecule has 0 fully saturated rings. The van der Waals surface area contributed by atoms with E-state index in [9.17, 15) is 9.90 Å².